The Morgan fingerprint density at radius 2 is 2.47 bits per heavy atom. The number of carbonyl (C=O) groups is 1. The van der Waals surface area contributed by atoms with Crippen LogP contribution in [0.5, 0.6) is 0 Å². The number of nitrogens with zero attached hydrogens (tertiary/aromatic N) is 1. The van der Waals surface area contributed by atoms with Crippen molar-refractivity contribution in [2.24, 2.45) is 5.73 Å². The van der Waals surface area contributed by atoms with Crippen LogP contribution in [-0.4, -0.2) is 16.3 Å². The monoisotopic (exact) mass is 226 g/mol. The lowest BCUT2D eigenvalue weighted by molar-refractivity contribution is 0.100. The van der Waals surface area contributed by atoms with Crippen LogP contribution < -0.4 is 16.8 Å². The van der Waals surface area contributed by atoms with Gasteiger partial charge in [0.25, 0.3) is 5.91 Å². The molecular weight excluding hydrogens is 212 g/mol. The molecule has 0 aliphatic rings. The first-order valence-corrected chi connectivity index (χ1v) is 5.26. The summed E-state index contributed by atoms with van der Waals surface area (Å²) in [7, 11) is 0. The maximum Gasteiger partial charge on any atom is 0.255 e. The number of hydrogen-bond acceptors (Lipinski definition) is 5. The lowest BCUT2D eigenvalue weighted by Gasteiger charge is -2.11. The Bertz CT molecular complexity index is 374. The Balaban J connectivity index is 2.85. The molecule has 1 unspecified atom stereocenters. The van der Waals surface area contributed by atoms with Gasteiger partial charge in [-0.15, -0.1) is 6.58 Å². The van der Waals surface area contributed by atoms with E-state index in [0.29, 0.717) is 5.00 Å². The highest BCUT2D eigenvalue weighted by Gasteiger charge is 2.17. The standard InChI is InChI=1S/C9H14N4OS/c1-3-4-5(2)12-9-6(8(11)14)7(10)13-15-9/h3,5,12H,1,4H2,2H3,(H2,10,13)(H2,11,14). The lowest BCUT2D eigenvalue weighted by atomic mass is 10.2. The molecule has 0 saturated heterocycles. The fourth-order valence-corrected chi connectivity index (χ4v) is 2.00. The maximum atomic E-state index is 11.1. The summed E-state index contributed by atoms with van der Waals surface area (Å²) in [6, 6.07) is 0.167. The van der Waals surface area contributed by atoms with Crippen molar-refractivity contribution >= 4 is 28.3 Å². The minimum absolute atomic E-state index is 0.167. The molecule has 0 aliphatic heterocycles. The van der Waals surface area contributed by atoms with Gasteiger partial charge in [-0.1, -0.05) is 6.08 Å². The number of amides is 1. The third-order valence-electron chi connectivity index (χ3n) is 1.86. The summed E-state index contributed by atoms with van der Waals surface area (Å²) in [5, 5.41) is 3.74. The zero-order valence-electron chi connectivity index (χ0n) is 8.49. The van der Waals surface area contributed by atoms with E-state index in [1.165, 1.54) is 0 Å². The van der Waals surface area contributed by atoms with Crippen molar-refractivity contribution in [1.82, 2.24) is 4.37 Å². The smallest absolute Gasteiger partial charge is 0.255 e. The molecule has 82 valence electrons. The molecule has 0 aliphatic carbocycles. The molecule has 15 heavy (non-hydrogen) atoms. The van der Waals surface area contributed by atoms with Crippen molar-refractivity contribution in [3.63, 3.8) is 0 Å². The van der Waals surface area contributed by atoms with Gasteiger partial charge in [-0.25, -0.2) is 0 Å². The zero-order valence-corrected chi connectivity index (χ0v) is 9.30. The second-order valence-electron chi connectivity index (χ2n) is 3.21. The third kappa shape index (κ3) is 2.69. The minimum atomic E-state index is -0.561. The molecule has 1 amide bonds. The molecule has 1 aromatic heterocycles. The molecule has 1 rings (SSSR count). The second-order valence-corrected chi connectivity index (χ2v) is 3.98. The molecule has 6 heteroatoms. The molecule has 0 aromatic carbocycles. The fourth-order valence-electron chi connectivity index (χ4n) is 1.17. The van der Waals surface area contributed by atoms with Gasteiger partial charge in [0.2, 0.25) is 0 Å². The van der Waals surface area contributed by atoms with Gasteiger partial charge in [0, 0.05) is 6.04 Å². The summed E-state index contributed by atoms with van der Waals surface area (Å²) in [4.78, 5) is 11.1. The van der Waals surface area contributed by atoms with Crippen LogP contribution in [0.2, 0.25) is 0 Å². The number of primary amides is 1. The second kappa shape index (κ2) is 4.79. The van der Waals surface area contributed by atoms with Crippen molar-refractivity contribution in [2.45, 2.75) is 19.4 Å². The number of nitrogens with two attached hydrogens (primary N) is 2. The van der Waals surface area contributed by atoms with Gasteiger partial charge in [0.15, 0.2) is 5.82 Å². The van der Waals surface area contributed by atoms with E-state index in [0.717, 1.165) is 18.0 Å². The Morgan fingerprint density at radius 3 is 3.00 bits per heavy atom. The van der Waals surface area contributed by atoms with Gasteiger partial charge < -0.3 is 16.8 Å². The van der Waals surface area contributed by atoms with Crippen LogP contribution >= 0.6 is 11.5 Å². The summed E-state index contributed by atoms with van der Waals surface area (Å²) in [6.45, 7) is 5.61. The first kappa shape index (κ1) is 11.5. The molecule has 5 N–H and O–H groups in total. The molecule has 0 spiro atoms. The first-order chi connectivity index (χ1) is 7.06. The summed E-state index contributed by atoms with van der Waals surface area (Å²) in [5.41, 5.74) is 11.0. The third-order valence-corrected chi connectivity index (χ3v) is 2.66. The number of aromatic nitrogens is 1. The molecule has 1 atom stereocenters. The molecule has 1 heterocycles. The molecular formula is C9H14N4OS. The highest BCUT2D eigenvalue weighted by molar-refractivity contribution is 7.11. The van der Waals surface area contributed by atoms with E-state index in [1.54, 1.807) is 6.08 Å². The van der Waals surface area contributed by atoms with Crippen LogP contribution in [0.4, 0.5) is 10.8 Å². The zero-order chi connectivity index (χ0) is 11.4. The first-order valence-electron chi connectivity index (χ1n) is 4.48. The molecule has 1 aromatic rings. The van der Waals surface area contributed by atoms with E-state index >= 15 is 0 Å². The van der Waals surface area contributed by atoms with Gasteiger partial charge >= 0.3 is 0 Å². The van der Waals surface area contributed by atoms with Crippen LogP contribution in [0.3, 0.4) is 0 Å². The summed E-state index contributed by atoms with van der Waals surface area (Å²) in [6.07, 6.45) is 2.59. The van der Waals surface area contributed by atoms with E-state index in [4.69, 9.17) is 11.5 Å². The van der Waals surface area contributed by atoms with Crippen LogP contribution in [0.25, 0.3) is 0 Å². The molecule has 0 saturated carbocycles. The average Bonchev–Trinajstić information content (AvgIpc) is 2.47. The van der Waals surface area contributed by atoms with Crippen molar-refractivity contribution in [1.29, 1.82) is 0 Å². The van der Waals surface area contributed by atoms with Crippen molar-refractivity contribution in [3.8, 4) is 0 Å². The van der Waals surface area contributed by atoms with E-state index in [2.05, 4.69) is 16.3 Å². The Kier molecular flexibility index (Phi) is 3.68. The topological polar surface area (TPSA) is 94.0 Å². The Morgan fingerprint density at radius 1 is 1.80 bits per heavy atom. The van der Waals surface area contributed by atoms with Gasteiger partial charge in [0.1, 0.15) is 10.6 Å². The van der Waals surface area contributed by atoms with Crippen LogP contribution in [0, 0.1) is 0 Å². The van der Waals surface area contributed by atoms with Gasteiger partial charge in [0.05, 0.1) is 0 Å². The summed E-state index contributed by atoms with van der Waals surface area (Å²) >= 11 is 1.14. The van der Waals surface area contributed by atoms with E-state index < -0.39 is 5.91 Å². The molecule has 0 radical (unpaired) electrons. The molecule has 5 nitrogen and oxygen atoms in total. The van der Waals surface area contributed by atoms with Crippen molar-refractivity contribution in [3.05, 3.63) is 18.2 Å². The van der Waals surface area contributed by atoms with Gasteiger partial charge in [-0.3, -0.25) is 4.79 Å². The van der Waals surface area contributed by atoms with Crippen LogP contribution in [0.1, 0.15) is 23.7 Å². The number of nitrogen functional groups attached to an aromatic ring is 1. The largest absolute Gasteiger partial charge is 0.382 e. The predicted molar refractivity (Wildman–Crippen MR) is 62.9 cm³/mol. The molecule has 0 bridgehead atoms. The normalized spacial score (nSPS) is 12.1. The minimum Gasteiger partial charge on any atom is -0.382 e. The SMILES string of the molecule is C=CCC(C)Nc1snc(N)c1C(N)=O. The van der Waals surface area contributed by atoms with Crippen LogP contribution in [0.15, 0.2) is 12.7 Å². The highest BCUT2D eigenvalue weighted by Crippen LogP contribution is 2.27. The van der Waals surface area contributed by atoms with Crippen molar-refractivity contribution in [2.75, 3.05) is 11.1 Å². The van der Waals surface area contributed by atoms with E-state index in [-0.39, 0.29) is 17.4 Å². The number of anilines is 2. The van der Waals surface area contributed by atoms with Gasteiger partial charge in [-0.05, 0) is 24.9 Å². The quantitative estimate of drug-likeness (QED) is 0.657. The van der Waals surface area contributed by atoms with Gasteiger partial charge in [-0.2, -0.15) is 4.37 Å². The van der Waals surface area contributed by atoms with Crippen molar-refractivity contribution < 1.29 is 4.79 Å². The number of hydrogen-bond donors (Lipinski definition) is 3. The number of carbonyl (C=O) groups excluding carboxylic acids is 1. The predicted octanol–water partition coefficient (Wildman–Crippen LogP) is 1.20. The Labute approximate surface area is 92.3 Å². The fraction of sp³-hybridized carbons (Fsp3) is 0.333. The van der Waals surface area contributed by atoms with E-state index in [1.807, 2.05) is 6.92 Å². The Hall–Kier alpha value is -1.56. The highest BCUT2D eigenvalue weighted by atomic mass is 32.1. The average molecular weight is 226 g/mol. The summed E-state index contributed by atoms with van der Waals surface area (Å²) in [5.74, 6) is -0.379. The van der Waals surface area contributed by atoms with Crippen LogP contribution in [-0.2, 0) is 0 Å². The maximum absolute atomic E-state index is 11.1. The molecule has 0 fully saturated rings. The van der Waals surface area contributed by atoms with E-state index in [9.17, 15) is 4.79 Å². The summed E-state index contributed by atoms with van der Waals surface area (Å²) < 4.78 is 3.88. The lowest BCUT2D eigenvalue weighted by Crippen LogP contribution is -2.18. The number of rotatable bonds is 5. The number of nitrogens with one attached hydrogen (secondary N) is 1.